The number of hydrogen-bond donors (Lipinski definition) is 2. The van der Waals surface area contributed by atoms with Crippen LogP contribution in [-0.4, -0.2) is 35.1 Å². The van der Waals surface area contributed by atoms with Gasteiger partial charge in [-0.1, -0.05) is 18.2 Å². The number of quaternary nitrogens is 1. The maximum Gasteiger partial charge on any atom is 0.279 e. The number of nitrogens with one attached hydrogen (secondary N) is 2. The number of aryl methyl sites for hydroxylation is 1. The fourth-order valence-electron chi connectivity index (χ4n) is 3.04. The van der Waals surface area contributed by atoms with Crippen molar-refractivity contribution in [3.63, 3.8) is 0 Å². The molecule has 2 N–H and O–H groups in total. The molecule has 3 rings (SSSR count). The number of nitrogens with zero attached hydrogens (tertiary/aromatic N) is 2. The standard InChI is InChI=1S/C20H22N4O2S/c1-14-7-6-10-18-21-15(11-20(26)24(14)18)12-23(2)13-19(25)22-16-8-4-5-9-17(16)27-3/h4-11H,12-13H2,1-3H3,(H,22,25)/p+1. The highest BCUT2D eigenvalue weighted by atomic mass is 32.2. The maximum atomic E-state index is 12.4. The van der Waals surface area contributed by atoms with Crippen molar-refractivity contribution in [1.82, 2.24) is 9.38 Å². The lowest BCUT2D eigenvalue weighted by molar-refractivity contribution is -0.885. The van der Waals surface area contributed by atoms with Gasteiger partial charge in [-0.25, -0.2) is 4.98 Å². The number of fused-ring (bicyclic) bond motifs is 1. The summed E-state index contributed by atoms with van der Waals surface area (Å²) in [7, 11) is 1.92. The topological polar surface area (TPSA) is 67.9 Å². The molecule has 0 aliphatic heterocycles. The molecule has 0 aliphatic carbocycles. The first-order chi connectivity index (χ1) is 13.0. The van der Waals surface area contributed by atoms with Gasteiger partial charge in [0, 0.05) is 16.7 Å². The van der Waals surface area contributed by atoms with Gasteiger partial charge in [0.05, 0.1) is 12.7 Å². The van der Waals surface area contributed by atoms with E-state index >= 15 is 0 Å². The minimum atomic E-state index is -0.0979. The van der Waals surface area contributed by atoms with Crippen molar-refractivity contribution in [3.05, 3.63) is 70.3 Å². The van der Waals surface area contributed by atoms with Gasteiger partial charge in [-0.05, 0) is 37.4 Å². The minimum Gasteiger partial charge on any atom is -0.325 e. The molecular formula is C20H23N4O2S+. The van der Waals surface area contributed by atoms with E-state index in [4.69, 9.17) is 0 Å². The van der Waals surface area contributed by atoms with Gasteiger partial charge in [0.2, 0.25) is 0 Å². The summed E-state index contributed by atoms with van der Waals surface area (Å²) in [4.78, 5) is 31.3. The van der Waals surface area contributed by atoms with Crippen LogP contribution in [0.15, 0.2) is 58.2 Å². The number of anilines is 1. The Balaban J connectivity index is 1.69. The van der Waals surface area contributed by atoms with Gasteiger partial charge in [-0.3, -0.25) is 14.0 Å². The molecular weight excluding hydrogens is 360 g/mol. The summed E-state index contributed by atoms with van der Waals surface area (Å²) in [5.74, 6) is -0.0673. The van der Waals surface area contributed by atoms with E-state index in [0.717, 1.165) is 21.2 Å². The van der Waals surface area contributed by atoms with Gasteiger partial charge >= 0.3 is 0 Å². The van der Waals surface area contributed by atoms with E-state index < -0.39 is 0 Å². The minimum absolute atomic E-state index is 0.0673. The summed E-state index contributed by atoms with van der Waals surface area (Å²) in [5.41, 5.74) is 2.88. The summed E-state index contributed by atoms with van der Waals surface area (Å²) in [6.07, 6.45) is 1.98. The fraction of sp³-hybridized carbons (Fsp3) is 0.250. The molecule has 0 aliphatic rings. The number of carbonyl (C=O) groups excluding carboxylic acids is 1. The Bertz CT molecular complexity index is 1030. The van der Waals surface area contributed by atoms with Crippen LogP contribution in [-0.2, 0) is 11.3 Å². The third-order valence-corrected chi connectivity index (χ3v) is 5.06. The summed E-state index contributed by atoms with van der Waals surface area (Å²) in [6, 6.07) is 14.9. The number of likely N-dealkylation sites (N-methyl/N-ethyl adjacent to an activating group) is 1. The van der Waals surface area contributed by atoms with E-state index in [2.05, 4.69) is 10.3 Å². The predicted octanol–water partition coefficient (Wildman–Crippen LogP) is 1.38. The molecule has 6 nitrogen and oxygen atoms in total. The van der Waals surface area contributed by atoms with Crippen molar-refractivity contribution in [1.29, 1.82) is 0 Å². The Morgan fingerprint density at radius 1 is 1.22 bits per heavy atom. The maximum absolute atomic E-state index is 12.4. The molecule has 1 aromatic carbocycles. The molecule has 0 spiro atoms. The molecule has 1 unspecified atom stereocenters. The van der Waals surface area contributed by atoms with E-state index in [1.807, 2.05) is 62.7 Å². The Hall–Kier alpha value is -2.64. The van der Waals surface area contributed by atoms with E-state index in [9.17, 15) is 9.59 Å². The molecule has 2 heterocycles. The van der Waals surface area contributed by atoms with Crippen molar-refractivity contribution in [2.75, 3.05) is 25.2 Å². The zero-order chi connectivity index (χ0) is 19.4. The first kappa shape index (κ1) is 19.1. The van der Waals surface area contributed by atoms with E-state index in [0.29, 0.717) is 17.9 Å². The lowest BCUT2D eigenvalue weighted by Crippen LogP contribution is -3.08. The molecule has 0 radical (unpaired) electrons. The molecule has 0 fully saturated rings. The number of pyridine rings is 1. The average Bonchev–Trinajstić information content (AvgIpc) is 2.61. The van der Waals surface area contributed by atoms with E-state index in [-0.39, 0.29) is 18.0 Å². The molecule has 7 heteroatoms. The normalized spacial score (nSPS) is 12.1. The van der Waals surface area contributed by atoms with E-state index in [1.165, 1.54) is 0 Å². The smallest absolute Gasteiger partial charge is 0.279 e. The number of para-hydroxylation sites is 1. The third-order valence-electron chi connectivity index (χ3n) is 4.26. The summed E-state index contributed by atoms with van der Waals surface area (Å²) in [5, 5.41) is 2.96. The number of carbonyl (C=O) groups is 1. The highest BCUT2D eigenvalue weighted by molar-refractivity contribution is 7.98. The Kier molecular flexibility index (Phi) is 5.93. The summed E-state index contributed by atoms with van der Waals surface area (Å²) in [6.45, 7) is 2.67. The molecule has 0 saturated heterocycles. The molecule has 140 valence electrons. The number of hydrogen-bond acceptors (Lipinski definition) is 4. The molecule has 0 bridgehead atoms. The van der Waals surface area contributed by atoms with Gasteiger partial charge in [-0.2, -0.15) is 0 Å². The number of thioether (sulfide) groups is 1. The van der Waals surface area contributed by atoms with Crippen LogP contribution in [0, 0.1) is 6.92 Å². The summed E-state index contributed by atoms with van der Waals surface area (Å²) >= 11 is 1.59. The quantitative estimate of drug-likeness (QED) is 0.631. The van der Waals surface area contributed by atoms with Gasteiger partial charge in [0.15, 0.2) is 6.54 Å². The van der Waals surface area contributed by atoms with Gasteiger partial charge in [0.25, 0.3) is 11.5 Å². The summed E-state index contributed by atoms with van der Waals surface area (Å²) < 4.78 is 1.59. The first-order valence-electron chi connectivity index (χ1n) is 8.70. The molecule has 3 aromatic rings. The van der Waals surface area contributed by atoms with Gasteiger partial charge < -0.3 is 10.2 Å². The van der Waals surface area contributed by atoms with Crippen LogP contribution in [0.4, 0.5) is 5.69 Å². The number of rotatable bonds is 6. The molecule has 2 aromatic heterocycles. The van der Waals surface area contributed by atoms with Crippen LogP contribution in [0.1, 0.15) is 11.4 Å². The van der Waals surface area contributed by atoms with Crippen LogP contribution in [0.2, 0.25) is 0 Å². The third kappa shape index (κ3) is 4.56. The van der Waals surface area contributed by atoms with Crippen molar-refractivity contribution >= 4 is 29.0 Å². The van der Waals surface area contributed by atoms with Crippen molar-refractivity contribution < 1.29 is 9.69 Å². The van der Waals surface area contributed by atoms with E-state index in [1.54, 1.807) is 22.2 Å². The number of aromatic nitrogens is 2. The van der Waals surface area contributed by atoms with Gasteiger partial charge in [0.1, 0.15) is 17.9 Å². The van der Waals surface area contributed by atoms with Crippen LogP contribution < -0.4 is 15.8 Å². The molecule has 27 heavy (non-hydrogen) atoms. The van der Waals surface area contributed by atoms with Gasteiger partial charge in [-0.15, -0.1) is 11.8 Å². The largest absolute Gasteiger partial charge is 0.325 e. The second kappa shape index (κ2) is 8.37. The average molecular weight is 383 g/mol. The van der Waals surface area contributed by atoms with Crippen LogP contribution in [0.3, 0.4) is 0 Å². The zero-order valence-electron chi connectivity index (χ0n) is 15.7. The highest BCUT2D eigenvalue weighted by Gasteiger charge is 2.14. The van der Waals surface area contributed by atoms with Crippen LogP contribution in [0.5, 0.6) is 0 Å². The molecule has 0 saturated carbocycles. The second-order valence-corrected chi connectivity index (χ2v) is 7.35. The Labute approximate surface area is 162 Å². The predicted molar refractivity (Wildman–Crippen MR) is 109 cm³/mol. The molecule has 1 atom stereocenters. The van der Waals surface area contributed by atoms with Crippen LogP contribution >= 0.6 is 11.8 Å². The monoisotopic (exact) mass is 383 g/mol. The Morgan fingerprint density at radius 3 is 2.78 bits per heavy atom. The van der Waals surface area contributed by atoms with Crippen molar-refractivity contribution in [2.45, 2.75) is 18.4 Å². The molecule has 1 amide bonds. The Morgan fingerprint density at radius 2 is 2.00 bits per heavy atom. The fourth-order valence-corrected chi connectivity index (χ4v) is 3.60. The number of amides is 1. The zero-order valence-corrected chi connectivity index (χ0v) is 16.5. The van der Waals surface area contributed by atoms with Crippen molar-refractivity contribution in [2.24, 2.45) is 0 Å². The lowest BCUT2D eigenvalue weighted by Gasteiger charge is -2.15. The lowest BCUT2D eigenvalue weighted by atomic mass is 10.3. The second-order valence-electron chi connectivity index (χ2n) is 6.51. The highest BCUT2D eigenvalue weighted by Crippen LogP contribution is 2.24. The van der Waals surface area contributed by atoms with Crippen LogP contribution in [0.25, 0.3) is 5.65 Å². The first-order valence-corrected chi connectivity index (χ1v) is 9.93. The number of benzene rings is 1. The van der Waals surface area contributed by atoms with Crippen molar-refractivity contribution in [3.8, 4) is 0 Å². The SMILES string of the molecule is CSc1ccccc1NC(=O)C[NH+](C)Cc1cc(=O)n2c(C)cccc2n1.